The van der Waals surface area contributed by atoms with Gasteiger partial charge < -0.3 is 15.5 Å². The molecule has 0 radical (unpaired) electrons. The van der Waals surface area contributed by atoms with E-state index in [4.69, 9.17) is 0 Å². The molecular formula is C12H22IN3O. The zero-order chi connectivity index (χ0) is 12.1. The van der Waals surface area contributed by atoms with Crippen LogP contribution in [0.2, 0.25) is 0 Å². The molecule has 2 fully saturated rings. The van der Waals surface area contributed by atoms with Crippen molar-refractivity contribution in [3.63, 3.8) is 0 Å². The molecule has 0 aromatic carbocycles. The third-order valence-corrected chi connectivity index (χ3v) is 4.20. The number of nitrogens with one attached hydrogen (secondary N) is 2. The molecule has 2 aliphatic rings. The van der Waals surface area contributed by atoms with E-state index in [-0.39, 0.29) is 3.91 Å². The monoisotopic (exact) mass is 351 g/mol. The van der Waals surface area contributed by atoms with Crippen LogP contribution < -0.4 is 10.6 Å². The van der Waals surface area contributed by atoms with E-state index < -0.39 is 0 Å². The largest absolute Gasteiger partial charge is 0.345 e. The number of carbonyl (C=O) groups is 1. The molecule has 1 aliphatic carbocycles. The van der Waals surface area contributed by atoms with Crippen LogP contribution in [0.3, 0.4) is 0 Å². The molecule has 0 aromatic heterocycles. The number of amides is 1. The Balaban J connectivity index is 1.66. The van der Waals surface area contributed by atoms with Crippen LogP contribution in [0, 0.1) is 5.92 Å². The number of hydrogen-bond donors (Lipinski definition) is 2. The summed E-state index contributed by atoms with van der Waals surface area (Å²) in [6.45, 7) is 5.93. The Morgan fingerprint density at radius 1 is 1.24 bits per heavy atom. The number of piperazine rings is 1. The molecule has 5 heteroatoms. The van der Waals surface area contributed by atoms with Gasteiger partial charge in [-0.05, 0) is 31.6 Å². The Bertz CT molecular complexity index is 248. The van der Waals surface area contributed by atoms with E-state index in [2.05, 4.69) is 15.5 Å². The van der Waals surface area contributed by atoms with Gasteiger partial charge in [-0.25, -0.2) is 0 Å². The lowest BCUT2D eigenvalue weighted by Gasteiger charge is -2.34. The lowest BCUT2D eigenvalue weighted by Crippen LogP contribution is -2.46. The van der Waals surface area contributed by atoms with Gasteiger partial charge in [-0.2, -0.15) is 0 Å². The number of rotatable bonds is 3. The van der Waals surface area contributed by atoms with Crippen molar-refractivity contribution in [1.82, 2.24) is 15.5 Å². The van der Waals surface area contributed by atoms with Crippen LogP contribution in [-0.4, -0.2) is 47.6 Å². The van der Waals surface area contributed by atoms with Crippen LogP contribution in [0.25, 0.3) is 0 Å². The molecule has 2 rings (SSSR count). The molecule has 1 aliphatic heterocycles. The molecule has 0 aromatic rings. The quantitative estimate of drug-likeness (QED) is 0.461. The van der Waals surface area contributed by atoms with Crippen molar-refractivity contribution in [2.75, 3.05) is 32.7 Å². The molecular weight excluding hydrogens is 329 g/mol. The molecule has 17 heavy (non-hydrogen) atoms. The molecule has 1 amide bonds. The van der Waals surface area contributed by atoms with Crippen molar-refractivity contribution in [3.8, 4) is 0 Å². The number of nitrogens with zero attached hydrogens (tertiary/aromatic N) is 1. The minimum Gasteiger partial charge on any atom is -0.345 e. The average molecular weight is 351 g/mol. The van der Waals surface area contributed by atoms with Gasteiger partial charge in [0.15, 0.2) is 0 Å². The second kappa shape index (κ2) is 6.89. The van der Waals surface area contributed by atoms with Crippen LogP contribution in [0.1, 0.15) is 25.7 Å². The first-order chi connectivity index (χ1) is 8.24. The second-order valence-corrected chi connectivity index (χ2v) is 6.17. The van der Waals surface area contributed by atoms with E-state index >= 15 is 0 Å². The summed E-state index contributed by atoms with van der Waals surface area (Å²) in [4.78, 5) is 13.6. The molecule has 0 atom stereocenters. The fourth-order valence-corrected chi connectivity index (χ4v) is 3.35. The van der Waals surface area contributed by atoms with Gasteiger partial charge in [-0.1, -0.05) is 0 Å². The molecule has 4 nitrogen and oxygen atoms in total. The van der Waals surface area contributed by atoms with Crippen molar-refractivity contribution in [3.05, 3.63) is 0 Å². The highest BCUT2D eigenvalue weighted by Crippen LogP contribution is 2.25. The van der Waals surface area contributed by atoms with Gasteiger partial charge in [0.05, 0.1) is 0 Å². The van der Waals surface area contributed by atoms with E-state index in [1.807, 2.05) is 22.6 Å². The topological polar surface area (TPSA) is 44.4 Å². The van der Waals surface area contributed by atoms with E-state index in [0.717, 1.165) is 31.8 Å². The summed E-state index contributed by atoms with van der Waals surface area (Å²) in [6, 6.07) is 0.429. The Labute approximate surface area is 117 Å². The maximum atomic E-state index is 11.0. The summed E-state index contributed by atoms with van der Waals surface area (Å²) in [5.74, 6) is 0.843. The van der Waals surface area contributed by atoms with Crippen LogP contribution in [0.15, 0.2) is 0 Å². The molecule has 1 saturated heterocycles. The predicted molar refractivity (Wildman–Crippen MR) is 77.6 cm³/mol. The van der Waals surface area contributed by atoms with Crippen molar-refractivity contribution in [1.29, 1.82) is 0 Å². The number of hydrogen-bond acceptors (Lipinski definition) is 3. The van der Waals surface area contributed by atoms with Crippen LogP contribution >= 0.6 is 22.6 Å². The van der Waals surface area contributed by atoms with Crippen molar-refractivity contribution in [2.24, 2.45) is 5.92 Å². The van der Waals surface area contributed by atoms with Crippen LogP contribution in [0.4, 0.5) is 4.79 Å². The second-order valence-electron chi connectivity index (χ2n) is 5.19. The first-order valence-corrected chi connectivity index (χ1v) is 7.71. The smallest absolute Gasteiger partial charge is 0.280 e. The zero-order valence-corrected chi connectivity index (χ0v) is 12.4. The Morgan fingerprint density at radius 3 is 2.47 bits per heavy atom. The molecule has 0 spiro atoms. The summed E-state index contributed by atoms with van der Waals surface area (Å²) < 4.78 is 0.0909. The molecule has 1 heterocycles. The summed E-state index contributed by atoms with van der Waals surface area (Å²) in [5.41, 5.74) is 0. The van der Waals surface area contributed by atoms with Crippen molar-refractivity contribution < 1.29 is 4.79 Å². The van der Waals surface area contributed by atoms with E-state index in [9.17, 15) is 4.79 Å². The highest BCUT2D eigenvalue weighted by molar-refractivity contribution is 14.1. The third-order valence-electron chi connectivity index (χ3n) is 3.89. The van der Waals surface area contributed by atoms with Gasteiger partial charge in [0, 0.05) is 61.4 Å². The normalized spacial score (nSPS) is 31.1. The number of halogens is 1. The van der Waals surface area contributed by atoms with Gasteiger partial charge in [0.2, 0.25) is 0 Å². The fourth-order valence-electron chi connectivity index (χ4n) is 2.91. The highest BCUT2D eigenvalue weighted by atomic mass is 127. The first-order valence-electron chi connectivity index (χ1n) is 6.63. The SMILES string of the molecule is O=C(I)NC1CCC(CN2CCNCC2)CC1. The van der Waals surface area contributed by atoms with Gasteiger partial charge in [-0.15, -0.1) is 0 Å². The summed E-state index contributed by atoms with van der Waals surface area (Å²) >= 11 is 1.83. The van der Waals surface area contributed by atoms with Gasteiger partial charge in [0.25, 0.3) is 3.91 Å². The molecule has 0 bridgehead atoms. The lowest BCUT2D eigenvalue weighted by molar-refractivity contribution is 0.173. The van der Waals surface area contributed by atoms with Crippen LogP contribution in [0.5, 0.6) is 0 Å². The first kappa shape index (κ1) is 13.5. The minimum absolute atomic E-state index is 0.0909. The van der Waals surface area contributed by atoms with Crippen molar-refractivity contribution >= 4 is 26.5 Å². The third kappa shape index (κ3) is 4.71. The van der Waals surface area contributed by atoms with Gasteiger partial charge in [-0.3, -0.25) is 4.79 Å². The van der Waals surface area contributed by atoms with E-state index in [1.54, 1.807) is 0 Å². The van der Waals surface area contributed by atoms with Gasteiger partial charge in [0.1, 0.15) is 0 Å². The minimum atomic E-state index is 0.0909. The fraction of sp³-hybridized carbons (Fsp3) is 0.917. The average Bonchev–Trinajstić information content (AvgIpc) is 2.32. The zero-order valence-electron chi connectivity index (χ0n) is 10.3. The summed E-state index contributed by atoms with van der Waals surface area (Å²) in [5, 5.41) is 6.42. The van der Waals surface area contributed by atoms with E-state index in [0.29, 0.717) is 6.04 Å². The summed E-state index contributed by atoms with van der Waals surface area (Å²) in [6.07, 6.45) is 4.86. The highest BCUT2D eigenvalue weighted by Gasteiger charge is 2.23. The maximum absolute atomic E-state index is 11.0. The van der Waals surface area contributed by atoms with Crippen molar-refractivity contribution in [2.45, 2.75) is 31.7 Å². The molecule has 98 valence electrons. The Morgan fingerprint density at radius 2 is 1.88 bits per heavy atom. The predicted octanol–water partition coefficient (Wildman–Crippen LogP) is 1.59. The Kier molecular flexibility index (Phi) is 5.49. The molecule has 2 N–H and O–H groups in total. The van der Waals surface area contributed by atoms with Crippen LogP contribution in [-0.2, 0) is 0 Å². The standard InChI is InChI=1S/C12H22IN3O/c13-12(17)15-11-3-1-10(2-4-11)9-16-7-5-14-6-8-16/h10-11,14H,1-9H2,(H,15,17). The lowest BCUT2D eigenvalue weighted by atomic mass is 9.85. The Hall–Kier alpha value is 0.120. The molecule has 0 unspecified atom stereocenters. The number of carbonyl (C=O) groups excluding carboxylic acids is 1. The summed E-state index contributed by atoms with van der Waals surface area (Å²) in [7, 11) is 0. The maximum Gasteiger partial charge on any atom is 0.280 e. The van der Waals surface area contributed by atoms with Gasteiger partial charge >= 0.3 is 0 Å². The van der Waals surface area contributed by atoms with E-state index in [1.165, 1.54) is 32.5 Å². The molecule has 1 saturated carbocycles.